The van der Waals surface area contributed by atoms with Gasteiger partial charge in [-0.15, -0.1) is 0 Å². The van der Waals surface area contributed by atoms with Crippen LogP contribution < -0.4 is 5.32 Å². The molecule has 1 fully saturated rings. The van der Waals surface area contributed by atoms with E-state index in [1.54, 1.807) is 9.12 Å². The summed E-state index contributed by atoms with van der Waals surface area (Å²) in [4.78, 5) is 8.47. The zero-order valence-electron chi connectivity index (χ0n) is 14.9. The predicted molar refractivity (Wildman–Crippen MR) is 121 cm³/mol. The second-order valence-corrected chi connectivity index (χ2v) is 7.98. The molecule has 0 spiro atoms. The van der Waals surface area contributed by atoms with Crippen molar-refractivity contribution in [1.82, 2.24) is 19.3 Å². The number of nitrogens with zero attached hydrogens (tertiary/aromatic N) is 3. The topological polar surface area (TPSA) is 42.7 Å². The number of hydrogen-bond donors (Lipinski definition) is 1. The van der Waals surface area contributed by atoms with Crippen molar-refractivity contribution in [3.63, 3.8) is 0 Å². The monoisotopic (exact) mass is 500 g/mol. The number of fused-ring (bicyclic) bond motifs is 1. The maximum absolute atomic E-state index is 6.23. The van der Waals surface area contributed by atoms with E-state index in [-0.39, 0.29) is 0 Å². The number of rotatable bonds is 3. The first-order valence-corrected chi connectivity index (χ1v) is 12.6. The molecule has 0 radical (unpaired) electrons. The molecule has 1 aromatic carbocycles. The van der Waals surface area contributed by atoms with Gasteiger partial charge >= 0.3 is 0 Å². The molecular weight excluding hydrogens is 479 g/mol. The zero-order valence-corrected chi connectivity index (χ0v) is 18.6. The number of halogens is 2. The van der Waals surface area contributed by atoms with Crippen LogP contribution in [0.3, 0.4) is 0 Å². The Hall–Kier alpha value is -0.830. The summed E-state index contributed by atoms with van der Waals surface area (Å²) < 4.78 is 2.10. The molecule has 0 aliphatic carbocycles. The highest BCUT2D eigenvalue weighted by molar-refractivity contribution is 14.2. The minimum absolute atomic E-state index is 0.497. The van der Waals surface area contributed by atoms with Gasteiger partial charge < -0.3 is 5.32 Å². The first kappa shape index (κ1) is 19.9. The molecule has 3 heterocycles. The van der Waals surface area contributed by atoms with Crippen molar-refractivity contribution >= 4 is 53.0 Å². The molecule has 1 aliphatic rings. The summed E-state index contributed by atoms with van der Waals surface area (Å²) in [5.74, 6) is 0.672. The van der Waals surface area contributed by atoms with Crippen molar-refractivity contribution in [3.05, 3.63) is 47.4 Å². The quantitative estimate of drug-likeness (QED) is 0.349. The third-order valence-corrected chi connectivity index (χ3v) is 6.58. The van der Waals surface area contributed by atoms with Crippen molar-refractivity contribution in [2.24, 2.45) is 0 Å². The van der Waals surface area contributed by atoms with Crippen LogP contribution in [0.5, 0.6) is 0 Å². The Morgan fingerprint density at radius 1 is 1.15 bits per heavy atom. The van der Waals surface area contributed by atoms with E-state index in [2.05, 4.69) is 70.8 Å². The molecular formula is C19H22ClIN4S. The van der Waals surface area contributed by atoms with E-state index < -0.39 is 0 Å². The van der Waals surface area contributed by atoms with E-state index in [1.807, 2.05) is 13.8 Å². The first-order chi connectivity index (χ1) is 12.8. The summed E-state index contributed by atoms with van der Waals surface area (Å²) in [6, 6.07) is 11.0. The van der Waals surface area contributed by atoms with Crippen LogP contribution in [0.4, 0.5) is 0 Å². The van der Waals surface area contributed by atoms with Crippen molar-refractivity contribution in [1.29, 1.82) is 0 Å². The molecule has 1 N–H and O–H groups in total. The van der Waals surface area contributed by atoms with Crippen LogP contribution >= 0.6 is 41.9 Å². The zero-order chi connectivity index (χ0) is 18.5. The minimum Gasteiger partial charge on any atom is -0.317 e. The SMILES string of the molecule is CC.Clc1ncnc2c1cc(-c1ccc(C3CCNCC3)cc1)n2SI. The van der Waals surface area contributed by atoms with Gasteiger partial charge in [0.05, 0.1) is 11.1 Å². The Morgan fingerprint density at radius 3 is 2.50 bits per heavy atom. The highest BCUT2D eigenvalue weighted by Gasteiger charge is 2.17. The van der Waals surface area contributed by atoms with Crippen LogP contribution in [0.2, 0.25) is 5.15 Å². The molecule has 3 aromatic rings. The van der Waals surface area contributed by atoms with E-state index in [0.29, 0.717) is 11.1 Å². The molecule has 0 unspecified atom stereocenters. The molecule has 2 aromatic heterocycles. The van der Waals surface area contributed by atoms with E-state index in [9.17, 15) is 0 Å². The van der Waals surface area contributed by atoms with Gasteiger partial charge in [0.15, 0.2) is 5.65 Å². The molecule has 1 aliphatic heterocycles. The van der Waals surface area contributed by atoms with Crippen LogP contribution in [0, 0.1) is 0 Å². The lowest BCUT2D eigenvalue weighted by atomic mass is 9.89. The summed E-state index contributed by atoms with van der Waals surface area (Å²) in [6.07, 6.45) is 3.95. The van der Waals surface area contributed by atoms with Gasteiger partial charge in [0.1, 0.15) is 11.5 Å². The molecule has 7 heteroatoms. The van der Waals surface area contributed by atoms with Gasteiger partial charge in [-0.05, 0) is 49.0 Å². The summed E-state index contributed by atoms with van der Waals surface area (Å²) in [5, 5.41) is 4.81. The van der Waals surface area contributed by atoms with Crippen molar-refractivity contribution in [2.45, 2.75) is 32.6 Å². The fourth-order valence-corrected chi connectivity index (χ4v) is 5.13. The lowest BCUT2D eigenvalue weighted by Gasteiger charge is -2.23. The van der Waals surface area contributed by atoms with Gasteiger partial charge in [0, 0.05) is 30.3 Å². The van der Waals surface area contributed by atoms with Gasteiger partial charge in [-0.2, -0.15) is 0 Å². The third-order valence-electron chi connectivity index (χ3n) is 4.59. The smallest absolute Gasteiger partial charge is 0.156 e. The highest BCUT2D eigenvalue weighted by atomic mass is 127. The maximum Gasteiger partial charge on any atom is 0.156 e. The molecule has 4 rings (SSSR count). The Bertz CT molecular complexity index is 860. The fourth-order valence-electron chi connectivity index (χ4n) is 3.31. The number of aromatic nitrogens is 3. The van der Waals surface area contributed by atoms with Crippen molar-refractivity contribution < 1.29 is 0 Å². The molecule has 0 saturated carbocycles. The van der Waals surface area contributed by atoms with Gasteiger partial charge in [-0.25, -0.2) is 9.97 Å². The van der Waals surface area contributed by atoms with E-state index >= 15 is 0 Å². The predicted octanol–water partition coefficient (Wildman–Crippen LogP) is 6.09. The average molecular weight is 501 g/mol. The van der Waals surface area contributed by atoms with Crippen molar-refractivity contribution in [2.75, 3.05) is 13.1 Å². The lowest BCUT2D eigenvalue weighted by molar-refractivity contribution is 0.460. The van der Waals surface area contributed by atoms with E-state index in [1.165, 1.54) is 30.3 Å². The van der Waals surface area contributed by atoms with Crippen LogP contribution in [0.15, 0.2) is 36.7 Å². The van der Waals surface area contributed by atoms with Crippen LogP contribution in [-0.2, 0) is 0 Å². The van der Waals surface area contributed by atoms with Crippen LogP contribution in [-0.4, -0.2) is 27.0 Å². The van der Waals surface area contributed by atoms with Gasteiger partial charge in [-0.1, -0.05) is 49.7 Å². The Kier molecular flexibility index (Phi) is 7.19. The molecule has 0 amide bonds. The number of hydrogen-bond acceptors (Lipinski definition) is 4. The van der Waals surface area contributed by atoms with Gasteiger partial charge in [0.25, 0.3) is 0 Å². The van der Waals surface area contributed by atoms with Crippen LogP contribution in [0.1, 0.15) is 38.2 Å². The summed E-state index contributed by atoms with van der Waals surface area (Å²) in [7, 11) is 1.60. The van der Waals surface area contributed by atoms with E-state index in [4.69, 9.17) is 11.6 Å². The maximum atomic E-state index is 6.23. The molecule has 0 atom stereocenters. The lowest BCUT2D eigenvalue weighted by Crippen LogP contribution is -2.26. The molecule has 1 saturated heterocycles. The highest BCUT2D eigenvalue weighted by Crippen LogP contribution is 2.36. The fraction of sp³-hybridized carbons (Fsp3) is 0.368. The number of nitrogens with one attached hydrogen (secondary N) is 1. The Labute approximate surface area is 175 Å². The largest absolute Gasteiger partial charge is 0.317 e. The normalized spacial score (nSPS) is 14.9. The summed E-state index contributed by atoms with van der Waals surface area (Å²) >= 11 is 8.50. The number of piperidine rings is 1. The minimum atomic E-state index is 0.497. The second kappa shape index (κ2) is 9.39. The molecule has 138 valence electrons. The summed E-state index contributed by atoms with van der Waals surface area (Å²) in [6.45, 7) is 6.23. The molecule has 4 nitrogen and oxygen atoms in total. The second-order valence-electron chi connectivity index (χ2n) is 5.94. The average Bonchev–Trinajstić information content (AvgIpc) is 3.10. The third kappa shape index (κ3) is 4.03. The van der Waals surface area contributed by atoms with Gasteiger partial charge in [-0.3, -0.25) is 3.97 Å². The Balaban J connectivity index is 0.000000948. The van der Waals surface area contributed by atoms with Crippen molar-refractivity contribution in [3.8, 4) is 11.3 Å². The Morgan fingerprint density at radius 2 is 1.85 bits per heavy atom. The van der Waals surface area contributed by atoms with Gasteiger partial charge in [0.2, 0.25) is 0 Å². The first-order valence-electron chi connectivity index (χ1n) is 8.90. The standard InChI is InChI=1S/C17H16ClIN4S.C2H6/c18-16-14-9-15(23(24-19)17(14)22-10-21-16)13-3-1-11(2-4-13)12-5-7-20-8-6-12;1-2/h1-4,9-10,12,20H,5-8H2;1-2H3. The summed E-state index contributed by atoms with van der Waals surface area (Å²) in [5.41, 5.74) is 4.56. The van der Waals surface area contributed by atoms with E-state index in [0.717, 1.165) is 29.8 Å². The molecule has 0 bridgehead atoms. The van der Waals surface area contributed by atoms with Crippen LogP contribution in [0.25, 0.3) is 22.3 Å². The molecule has 26 heavy (non-hydrogen) atoms. The number of benzene rings is 1.